The van der Waals surface area contributed by atoms with Gasteiger partial charge in [-0.25, -0.2) is 0 Å². The molecule has 0 spiro atoms. The maximum atomic E-state index is 5.42. The van der Waals surface area contributed by atoms with Crippen molar-refractivity contribution in [3.05, 3.63) is 0 Å². The quantitative estimate of drug-likeness (QED) is 0.699. The number of hydrogen-bond donors (Lipinski definition) is 1. The number of likely N-dealkylation sites (tertiary alicyclic amines) is 1. The molecule has 0 saturated carbocycles. The summed E-state index contributed by atoms with van der Waals surface area (Å²) < 4.78 is 10.8. The second kappa shape index (κ2) is 7.22. The Bertz CT molecular complexity index is 178. The van der Waals surface area contributed by atoms with Crippen molar-refractivity contribution < 1.29 is 9.47 Å². The fourth-order valence-corrected chi connectivity index (χ4v) is 2.28. The molecule has 1 fully saturated rings. The van der Waals surface area contributed by atoms with Crippen LogP contribution in [0.2, 0.25) is 0 Å². The number of ether oxygens (including phenoxy) is 2. The molecule has 0 radical (unpaired) electrons. The molecule has 1 N–H and O–H groups in total. The summed E-state index contributed by atoms with van der Waals surface area (Å²) in [6.07, 6.45) is 1.65. The first-order valence-electron chi connectivity index (χ1n) is 6.22. The highest BCUT2D eigenvalue weighted by Crippen LogP contribution is 2.16. The van der Waals surface area contributed by atoms with Gasteiger partial charge in [0.2, 0.25) is 0 Å². The van der Waals surface area contributed by atoms with Crippen LogP contribution in [-0.2, 0) is 9.47 Å². The minimum absolute atomic E-state index is 0.236. The highest BCUT2D eigenvalue weighted by molar-refractivity contribution is 4.85. The van der Waals surface area contributed by atoms with Crippen molar-refractivity contribution in [2.24, 2.45) is 0 Å². The van der Waals surface area contributed by atoms with Gasteiger partial charge in [0.15, 0.2) is 0 Å². The van der Waals surface area contributed by atoms with Crippen LogP contribution >= 0.6 is 0 Å². The summed E-state index contributed by atoms with van der Waals surface area (Å²) >= 11 is 0. The monoisotopic (exact) mass is 230 g/mol. The second-order valence-corrected chi connectivity index (χ2v) is 4.56. The van der Waals surface area contributed by atoms with Crippen LogP contribution in [0.1, 0.15) is 20.3 Å². The molecule has 4 heteroatoms. The molecule has 0 aromatic heterocycles. The summed E-state index contributed by atoms with van der Waals surface area (Å²) in [5.41, 5.74) is 0. The molecule has 0 aromatic rings. The zero-order valence-corrected chi connectivity index (χ0v) is 11.0. The molecule has 1 saturated heterocycles. The van der Waals surface area contributed by atoms with E-state index in [2.05, 4.69) is 24.1 Å². The van der Waals surface area contributed by atoms with Gasteiger partial charge >= 0.3 is 0 Å². The average Bonchev–Trinajstić information content (AvgIpc) is 2.69. The lowest BCUT2D eigenvalue weighted by molar-refractivity contribution is -0.00461. The van der Waals surface area contributed by atoms with Crippen molar-refractivity contribution in [3.63, 3.8) is 0 Å². The number of rotatable bonds is 7. The van der Waals surface area contributed by atoms with Crippen molar-refractivity contribution in [2.75, 3.05) is 40.4 Å². The smallest absolute Gasteiger partial charge is 0.0971 e. The van der Waals surface area contributed by atoms with E-state index in [1.165, 1.54) is 6.42 Å². The molecule has 0 bridgehead atoms. The highest BCUT2D eigenvalue weighted by atomic mass is 16.5. The summed E-state index contributed by atoms with van der Waals surface area (Å²) in [6, 6.07) is 0.590. The first-order chi connectivity index (χ1) is 7.71. The minimum atomic E-state index is 0.236. The SMILES string of the molecule is CCNC(C)CCN1CC(OC)C(OC)C1. The lowest BCUT2D eigenvalue weighted by Gasteiger charge is -2.18. The molecule has 3 unspecified atom stereocenters. The van der Waals surface area contributed by atoms with Crippen LogP contribution in [0.4, 0.5) is 0 Å². The molecule has 4 nitrogen and oxygen atoms in total. The van der Waals surface area contributed by atoms with E-state index in [4.69, 9.17) is 9.47 Å². The van der Waals surface area contributed by atoms with E-state index < -0.39 is 0 Å². The largest absolute Gasteiger partial charge is 0.377 e. The molecule has 0 amide bonds. The summed E-state index contributed by atoms with van der Waals surface area (Å²) in [5, 5.41) is 3.43. The van der Waals surface area contributed by atoms with Gasteiger partial charge in [-0.2, -0.15) is 0 Å². The Hall–Kier alpha value is -0.160. The molecule has 1 aliphatic rings. The standard InChI is InChI=1S/C12H26N2O2/c1-5-13-10(2)6-7-14-8-11(15-3)12(9-14)16-4/h10-13H,5-9H2,1-4H3. The van der Waals surface area contributed by atoms with Gasteiger partial charge in [0.05, 0.1) is 12.2 Å². The molecule has 1 heterocycles. The van der Waals surface area contributed by atoms with E-state index >= 15 is 0 Å². The number of nitrogens with one attached hydrogen (secondary N) is 1. The number of methoxy groups -OCH3 is 2. The zero-order valence-electron chi connectivity index (χ0n) is 11.0. The molecular weight excluding hydrogens is 204 g/mol. The molecular formula is C12H26N2O2. The summed E-state index contributed by atoms with van der Waals surface area (Å²) in [5.74, 6) is 0. The van der Waals surface area contributed by atoms with Gasteiger partial charge in [0, 0.05) is 33.4 Å². The van der Waals surface area contributed by atoms with Crippen LogP contribution in [0, 0.1) is 0 Å². The topological polar surface area (TPSA) is 33.7 Å². The van der Waals surface area contributed by atoms with E-state index in [0.717, 1.165) is 26.2 Å². The Morgan fingerprint density at radius 3 is 2.25 bits per heavy atom. The van der Waals surface area contributed by atoms with E-state index in [9.17, 15) is 0 Å². The van der Waals surface area contributed by atoms with Crippen LogP contribution in [-0.4, -0.2) is 63.5 Å². The van der Waals surface area contributed by atoms with Crippen molar-refractivity contribution in [1.29, 1.82) is 0 Å². The minimum Gasteiger partial charge on any atom is -0.377 e. The van der Waals surface area contributed by atoms with Gasteiger partial charge < -0.3 is 14.8 Å². The van der Waals surface area contributed by atoms with Crippen LogP contribution < -0.4 is 5.32 Å². The zero-order chi connectivity index (χ0) is 12.0. The lowest BCUT2D eigenvalue weighted by Crippen LogP contribution is -2.32. The second-order valence-electron chi connectivity index (χ2n) is 4.56. The third-order valence-corrected chi connectivity index (χ3v) is 3.33. The van der Waals surface area contributed by atoms with Gasteiger partial charge in [-0.1, -0.05) is 6.92 Å². The fraction of sp³-hybridized carbons (Fsp3) is 1.00. The van der Waals surface area contributed by atoms with E-state index in [-0.39, 0.29) is 12.2 Å². The van der Waals surface area contributed by atoms with Gasteiger partial charge in [0.25, 0.3) is 0 Å². The normalized spacial score (nSPS) is 28.5. The molecule has 1 rings (SSSR count). The highest BCUT2D eigenvalue weighted by Gasteiger charge is 2.32. The van der Waals surface area contributed by atoms with Gasteiger partial charge in [-0.3, -0.25) is 4.90 Å². The Kier molecular flexibility index (Phi) is 6.28. The molecule has 3 atom stereocenters. The maximum absolute atomic E-state index is 5.42. The van der Waals surface area contributed by atoms with Crippen molar-refractivity contribution >= 4 is 0 Å². The summed E-state index contributed by atoms with van der Waals surface area (Å²) in [7, 11) is 3.53. The van der Waals surface area contributed by atoms with Crippen LogP contribution in [0.15, 0.2) is 0 Å². The first-order valence-corrected chi connectivity index (χ1v) is 6.22. The van der Waals surface area contributed by atoms with Crippen molar-refractivity contribution in [1.82, 2.24) is 10.2 Å². The lowest BCUT2D eigenvalue weighted by atomic mass is 10.2. The molecule has 16 heavy (non-hydrogen) atoms. The third kappa shape index (κ3) is 4.01. The van der Waals surface area contributed by atoms with Crippen molar-refractivity contribution in [3.8, 4) is 0 Å². The predicted molar refractivity (Wildman–Crippen MR) is 65.8 cm³/mol. The number of hydrogen-bond acceptors (Lipinski definition) is 4. The summed E-state index contributed by atoms with van der Waals surface area (Å²) in [4.78, 5) is 2.43. The van der Waals surface area contributed by atoms with Crippen LogP contribution in [0.25, 0.3) is 0 Å². The fourth-order valence-electron chi connectivity index (χ4n) is 2.28. The Morgan fingerprint density at radius 2 is 1.81 bits per heavy atom. The molecule has 0 aliphatic carbocycles. The molecule has 1 aliphatic heterocycles. The van der Waals surface area contributed by atoms with E-state index in [0.29, 0.717) is 6.04 Å². The first kappa shape index (κ1) is 13.9. The number of nitrogens with zero attached hydrogens (tertiary/aromatic N) is 1. The van der Waals surface area contributed by atoms with E-state index in [1.807, 2.05) is 0 Å². The van der Waals surface area contributed by atoms with Crippen LogP contribution in [0.5, 0.6) is 0 Å². The Morgan fingerprint density at radius 1 is 1.25 bits per heavy atom. The summed E-state index contributed by atoms with van der Waals surface area (Å²) in [6.45, 7) is 8.54. The van der Waals surface area contributed by atoms with Crippen LogP contribution in [0.3, 0.4) is 0 Å². The van der Waals surface area contributed by atoms with Gasteiger partial charge in [-0.05, 0) is 26.4 Å². The van der Waals surface area contributed by atoms with Gasteiger partial charge in [-0.15, -0.1) is 0 Å². The van der Waals surface area contributed by atoms with E-state index in [1.54, 1.807) is 14.2 Å². The maximum Gasteiger partial charge on any atom is 0.0971 e. The Labute approximate surface area is 99.3 Å². The third-order valence-electron chi connectivity index (χ3n) is 3.33. The predicted octanol–water partition coefficient (Wildman–Crippen LogP) is 0.720. The van der Waals surface area contributed by atoms with Gasteiger partial charge in [0.1, 0.15) is 0 Å². The average molecular weight is 230 g/mol. The van der Waals surface area contributed by atoms with Crippen molar-refractivity contribution in [2.45, 2.75) is 38.5 Å². The molecule has 0 aromatic carbocycles. The molecule has 96 valence electrons. The Balaban J connectivity index is 2.24.